The Kier molecular flexibility index (Phi) is 3.06. The molecule has 0 aromatic heterocycles. The molecule has 0 radical (unpaired) electrons. The lowest BCUT2D eigenvalue weighted by atomic mass is 9.66. The number of carbonyl (C=O) groups is 1. The Morgan fingerprint density at radius 2 is 2.24 bits per heavy atom. The van der Waals surface area contributed by atoms with Crippen LogP contribution in [0.25, 0.3) is 0 Å². The minimum absolute atomic E-state index is 0.0395. The van der Waals surface area contributed by atoms with Crippen LogP contribution in [0.5, 0.6) is 0 Å². The summed E-state index contributed by atoms with van der Waals surface area (Å²) in [4.78, 5) is 11.1. The lowest BCUT2D eigenvalue weighted by Gasteiger charge is -2.40. The van der Waals surface area contributed by atoms with E-state index in [1.807, 2.05) is 6.08 Å². The molecule has 2 saturated carbocycles. The van der Waals surface area contributed by atoms with Gasteiger partial charge in [0.15, 0.2) is 0 Å². The Balaban J connectivity index is 2.12. The minimum Gasteiger partial charge on any atom is -0.466 e. The molecule has 0 aromatic rings. The molecule has 2 aliphatic carbocycles. The first-order valence-corrected chi connectivity index (χ1v) is 6.36. The first-order chi connectivity index (χ1) is 7.94. The SMILES string of the molecule is COC(=O)/C=C/C[C@]12CC[C@H](C[C@H]1O)C2(C)C. The largest absolute Gasteiger partial charge is 0.466 e. The van der Waals surface area contributed by atoms with Gasteiger partial charge >= 0.3 is 5.97 Å². The molecule has 0 amide bonds. The van der Waals surface area contributed by atoms with Gasteiger partial charge in [-0.3, -0.25) is 0 Å². The van der Waals surface area contributed by atoms with Gasteiger partial charge in [0.05, 0.1) is 13.2 Å². The van der Waals surface area contributed by atoms with Gasteiger partial charge in [-0.2, -0.15) is 0 Å². The van der Waals surface area contributed by atoms with Crippen molar-refractivity contribution in [2.45, 2.75) is 45.6 Å². The molecular formula is C14H22O3. The summed E-state index contributed by atoms with van der Waals surface area (Å²) in [5, 5.41) is 10.3. The highest BCUT2D eigenvalue weighted by atomic mass is 16.5. The van der Waals surface area contributed by atoms with Crippen molar-refractivity contribution in [3.05, 3.63) is 12.2 Å². The molecule has 2 rings (SSSR count). The minimum atomic E-state index is -0.318. The van der Waals surface area contributed by atoms with E-state index in [-0.39, 0.29) is 22.9 Å². The molecule has 17 heavy (non-hydrogen) atoms. The number of esters is 1. The van der Waals surface area contributed by atoms with Crippen LogP contribution in [0, 0.1) is 16.7 Å². The molecule has 3 nitrogen and oxygen atoms in total. The van der Waals surface area contributed by atoms with E-state index >= 15 is 0 Å². The van der Waals surface area contributed by atoms with Crippen LogP contribution >= 0.6 is 0 Å². The third-order valence-corrected chi connectivity index (χ3v) is 5.33. The number of aliphatic hydroxyl groups is 1. The number of carbonyl (C=O) groups excluding carboxylic acids is 1. The third-order valence-electron chi connectivity index (χ3n) is 5.33. The normalized spacial score (nSPS) is 38.8. The second kappa shape index (κ2) is 4.13. The van der Waals surface area contributed by atoms with Gasteiger partial charge in [-0.15, -0.1) is 0 Å². The summed E-state index contributed by atoms with van der Waals surface area (Å²) in [5.74, 6) is 0.310. The zero-order valence-electron chi connectivity index (χ0n) is 10.9. The molecule has 2 bridgehead atoms. The Morgan fingerprint density at radius 3 is 2.71 bits per heavy atom. The standard InChI is InChI=1S/C14H22O3/c1-13(2)10-6-8-14(13,11(15)9-10)7-4-5-12(16)17-3/h4-5,10-11,15H,6-9H2,1-3H3/b5-4+/t10-,11-,14+/m1/s1. The second-order valence-corrected chi connectivity index (χ2v) is 5.99. The fourth-order valence-corrected chi connectivity index (χ4v) is 3.96. The molecule has 2 aliphatic rings. The van der Waals surface area contributed by atoms with Crippen LogP contribution in [0.3, 0.4) is 0 Å². The van der Waals surface area contributed by atoms with Crippen LogP contribution in [-0.2, 0) is 9.53 Å². The van der Waals surface area contributed by atoms with Crippen molar-refractivity contribution in [2.75, 3.05) is 7.11 Å². The summed E-state index contributed by atoms with van der Waals surface area (Å²) in [6.45, 7) is 4.51. The van der Waals surface area contributed by atoms with Gasteiger partial charge in [0.1, 0.15) is 0 Å². The van der Waals surface area contributed by atoms with Crippen molar-refractivity contribution in [1.82, 2.24) is 0 Å². The van der Waals surface area contributed by atoms with Crippen LogP contribution < -0.4 is 0 Å². The summed E-state index contributed by atoms with van der Waals surface area (Å²) in [6, 6.07) is 0. The van der Waals surface area contributed by atoms with Crippen LogP contribution in [0.4, 0.5) is 0 Å². The summed E-state index contributed by atoms with van der Waals surface area (Å²) in [5.41, 5.74) is 0.134. The third kappa shape index (κ3) is 1.71. The van der Waals surface area contributed by atoms with E-state index in [1.54, 1.807) is 0 Å². The molecule has 0 aromatic carbocycles. The highest BCUT2D eigenvalue weighted by molar-refractivity contribution is 5.81. The van der Waals surface area contributed by atoms with E-state index in [0.717, 1.165) is 19.3 Å². The summed E-state index contributed by atoms with van der Waals surface area (Å²) < 4.78 is 4.58. The molecular weight excluding hydrogens is 216 g/mol. The van der Waals surface area contributed by atoms with E-state index in [2.05, 4.69) is 18.6 Å². The van der Waals surface area contributed by atoms with Gasteiger partial charge in [-0.1, -0.05) is 19.9 Å². The fraction of sp³-hybridized carbons (Fsp3) is 0.786. The lowest BCUT2D eigenvalue weighted by Crippen LogP contribution is -2.38. The van der Waals surface area contributed by atoms with Crippen LogP contribution in [0.1, 0.15) is 39.5 Å². The smallest absolute Gasteiger partial charge is 0.330 e. The zero-order valence-corrected chi connectivity index (χ0v) is 10.9. The first kappa shape index (κ1) is 12.6. The lowest BCUT2D eigenvalue weighted by molar-refractivity contribution is -0.134. The predicted molar refractivity (Wildman–Crippen MR) is 65.3 cm³/mol. The Morgan fingerprint density at radius 1 is 1.53 bits per heavy atom. The average molecular weight is 238 g/mol. The molecule has 0 aliphatic heterocycles. The number of rotatable bonds is 3. The molecule has 3 heteroatoms. The van der Waals surface area contributed by atoms with Crippen LogP contribution in [0.15, 0.2) is 12.2 Å². The number of hydrogen-bond donors (Lipinski definition) is 1. The Labute approximate surface area is 103 Å². The van der Waals surface area contributed by atoms with Gasteiger partial charge in [0, 0.05) is 11.5 Å². The Bertz CT molecular complexity index is 345. The van der Waals surface area contributed by atoms with E-state index in [4.69, 9.17) is 0 Å². The van der Waals surface area contributed by atoms with Gasteiger partial charge in [-0.25, -0.2) is 4.79 Å². The van der Waals surface area contributed by atoms with Crippen LogP contribution in [-0.4, -0.2) is 24.3 Å². The van der Waals surface area contributed by atoms with Crippen LogP contribution in [0.2, 0.25) is 0 Å². The van der Waals surface area contributed by atoms with Crippen molar-refractivity contribution in [3.8, 4) is 0 Å². The van der Waals surface area contributed by atoms with Gasteiger partial charge in [0.2, 0.25) is 0 Å². The zero-order chi connectivity index (χ0) is 12.7. The van der Waals surface area contributed by atoms with E-state index in [1.165, 1.54) is 19.6 Å². The molecule has 2 fully saturated rings. The van der Waals surface area contributed by atoms with Crippen molar-refractivity contribution in [2.24, 2.45) is 16.7 Å². The van der Waals surface area contributed by atoms with Crippen molar-refractivity contribution >= 4 is 5.97 Å². The topological polar surface area (TPSA) is 46.5 Å². The monoisotopic (exact) mass is 238 g/mol. The Hall–Kier alpha value is -0.830. The molecule has 1 N–H and O–H groups in total. The van der Waals surface area contributed by atoms with Gasteiger partial charge in [0.25, 0.3) is 0 Å². The molecule has 0 heterocycles. The summed E-state index contributed by atoms with van der Waals surface area (Å²) in [6.07, 6.45) is 7.08. The fourth-order valence-electron chi connectivity index (χ4n) is 3.96. The number of fused-ring (bicyclic) bond motifs is 2. The quantitative estimate of drug-likeness (QED) is 0.606. The highest BCUT2D eigenvalue weighted by Gasteiger charge is 2.62. The van der Waals surface area contributed by atoms with Crippen molar-refractivity contribution in [1.29, 1.82) is 0 Å². The molecule has 3 atom stereocenters. The number of ether oxygens (including phenoxy) is 1. The molecule has 0 unspecified atom stereocenters. The molecule has 0 saturated heterocycles. The van der Waals surface area contributed by atoms with E-state index in [0.29, 0.717) is 5.92 Å². The maximum atomic E-state index is 11.1. The van der Waals surface area contributed by atoms with Gasteiger partial charge < -0.3 is 9.84 Å². The molecule has 96 valence electrons. The molecule has 0 spiro atoms. The van der Waals surface area contributed by atoms with Gasteiger partial charge in [-0.05, 0) is 37.0 Å². The van der Waals surface area contributed by atoms with E-state index < -0.39 is 0 Å². The maximum Gasteiger partial charge on any atom is 0.330 e. The summed E-state index contributed by atoms with van der Waals surface area (Å²) >= 11 is 0. The maximum absolute atomic E-state index is 11.1. The highest BCUT2D eigenvalue weighted by Crippen LogP contribution is 2.67. The second-order valence-electron chi connectivity index (χ2n) is 5.99. The number of methoxy groups -OCH3 is 1. The number of aliphatic hydroxyl groups excluding tert-OH is 1. The van der Waals surface area contributed by atoms with Crippen molar-refractivity contribution in [3.63, 3.8) is 0 Å². The predicted octanol–water partition coefficient (Wildman–Crippen LogP) is 2.29. The first-order valence-electron chi connectivity index (χ1n) is 6.36. The average Bonchev–Trinajstić information content (AvgIpc) is 2.62. The number of hydrogen-bond acceptors (Lipinski definition) is 3. The summed E-state index contributed by atoms with van der Waals surface area (Å²) in [7, 11) is 1.38. The number of allylic oxidation sites excluding steroid dienone is 1. The van der Waals surface area contributed by atoms with Crippen molar-refractivity contribution < 1.29 is 14.6 Å². The van der Waals surface area contributed by atoms with E-state index in [9.17, 15) is 9.90 Å².